The van der Waals surface area contributed by atoms with Crippen LogP contribution in [-0.2, 0) is 9.59 Å². The van der Waals surface area contributed by atoms with Crippen LogP contribution in [0.1, 0.15) is 5.56 Å². The van der Waals surface area contributed by atoms with Gasteiger partial charge >= 0.3 is 0 Å². The topological polar surface area (TPSA) is 52.7 Å². The standard InChI is InChI=1S/C14H18ClN3O2/c1-11-2-3-12(15)8-13(11)16-9-14(20)18-6-4-17(10-19)5-7-18/h2-3,8,10,16H,4-7,9H2,1H3. The molecule has 0 radical (unpaired) electrons. The third kappa shape index (κ3) is 3.63. The van der Waals surface area contributed by atoms with Gasteiger partial charge in [-0.25, -0.2) is 0 Å². The molecule has 1 aromatic carbocycles. The van der Waals surface area contributed by atoms with Crippen molar-refractivity contribution in [2.45, 2.75) is 6.92 Å². The lowest BCUT2D eigenvalue weighted by atomic mass is 10.2. The molecule has 1 N–H and O–H groups in total. The van der Waals surface area contributed by atoms with Gasteiger partial charge in [-0.15, -0.1) is 0 Å². The van der Waals surface area contributed by atoms with Crippen LogP contribution in [0.4, 0.5) is 5.69 Å². The summed E-state index contributed by atoms with van der Waals surface area (Å²) in [5.41, 5.74) is 1.92. The summed E-state index contributed by atoms with van der Waals surface area (Å²) < 4.78 is 0. The second-order valence-electron chi connectivity index (χ2n) is 4.83. The number of aryl methyl sites for hydroxylation is 1. The zero-order valence-corrected chi connectivity index (χ0v) is 12.2. The molecule has 1 aliphatic heterocycles. The number of amides is 2. The lowest BCUT2D eigenvalue weighted by Gasteiger charge is -2.32. The first-order chi connectivity index (χ1) is 9.60. The fourth-order valence-electron chi connectivity index (χ4n) is 2.14. The van der Waals surface area contributed by atoms with E-state index in [0.29, 0.717) is 31.2 Å². The first-order valence-corrected chi connectivity index (χ1v) is 6.95. The number of hydrogen-bond donors (Lipinski definition) is 1. The van der Waals surface area contributed by atoms with E-state index in [1.807, 2.05) is 25.1 Å². The van der Waals surface area contributed by atoms with E-state index in [9.17, 15) is 9.59 Å². The van der Waals surface area contributed by atoms with Gasteiger partial charge in [0.15, 0.2) is 0 Å². The Hall–Kier alpha value is -1.75. The Kier molecular flexibility index (Phi) is 4.84. The van der Waals surface area contributed by atoms with Gasteiger partial charge in [-0.1, -0.05) is 17.7 Å². The fourth-order valence-corrected chi connectivity index (χ4v) is 2.32. The summed E-state index contributed by atoms with van der Waals surface area (Å²) in [7, 11) is 0. The van der Waals surface area contributed by atoms with Crippen molar-refractivity contribution in [1.29, 1.82) is 0 Å². The Balaban J connectivity index is 1.86. The SMILES string of the molecule is Cc1ccc(Cl)cc1NCC(=O)N1CCN(C=O)CC1. The maximum Gasteiger partial charge on any atom is 0.241 e. The lowest BCUT2D eigenvalue weighted by molar-refractivity contribution is -0.133. The van der Waals surface area contributed by atoms with Crippen molar-refractivity contribution >= 4 is 29.6 Å². The van der Waals surface area contributed by atoms with Crippen LogP contribution >= 0.6 is 11.6 Å². The highest BCUT2D eigenvalue weighted by molar-refractivity contribution is 6.30. The van der Waals surface area contributed by atoms with E-state index in [1.54, 1.807) is 9.80 Å². The van der Waals surface area contributed by atoms with Gasteiger partial charge in [-0.3, -0.25) is 9.59 Å². The minimum absolute atomic E-state index is 0.0370. The number of carbonyl (C=O) groups is 2. The number of nitrogens with zero attached hydrogens (tertiary/aromatic N) is 2. The van der Waals surface area contributed by atoms with Gasteiger partial charge in [0.1, 0.15) is 0 Å². The molecule has 1 heterocycles. The second kappa shape index (κ2) is 6.61. The van der Waals surface area contributed by atoms with E-state index in [1.165, 1.54) is 0 Å². The molecule has 2 amide bonds. The summed E-state index contributed by atoms with van der Waals surface area (Å²) in [4.78, 5) is 26.2. The zero-order valence-electron chi connectivity index (χ0n) is 11.4. The van der Waals surface area contributed by atoms with Crippen LogP contribution in [0, 0.1) is 6.92 Å². The van der Waals surface area contributed by atoms with Crippen LogP contribution in [0.2, 0.25) is 5.02 Å². The average molecular weight is 296 g/mol. The summed E-state index contributed by atoms with van der Waals surface area (Å²) in [6.45, 7) is 4.59. The molecule has 20 heavy (non-hydrogen) atoms. The van der Waals surface area contributed by atoms with Crippen molar-refractivity contribution in [3.05, 3.63) is 28.8 Å². The molecule has 0 spiro atoms. The predicted molar refractivity (Wildman–Crippen MR) is 78.9 cm³/mol. The maximum atomic E-state index is 12.1. The molecule has 1 aliphatic rings. The first-order valence-electron chi connectivity index (χ1n) is 6.57. The van der Waals surface area contributed by atoms with Gasteiger partial charge in [0.05, 0.1) is 6.54 Å². The van der Waals surface area contributed by atoms with Crippen LogP contribution in [0.25, 0.3) is 0 Å². The van der Waals surface area contributed by atoms with Crippen molar-refractivity contribution in [2.75, 3.05) is 38.0 Å². The Labute approximate surface area is 123 Å². The number of hydrogen-bond acceptors (Lipinski definition) is 3. The number of nitrogens with one attached hydrogen (secondary N) is 1. The molecule has 108 valence electrons. The van der Waals surface area contributed by atoms with E-state index in [0.717, 1.165) is 17.7 Å². The lowest BCUT2D eigenvalue weighted by Crippen LogP contribution is -2.49. The van der Waals surface area contributed by atoms with Crippen LogP contribution in [-0.4, -0.2) is 54.8 Å². The van der Waals surface area contributed by atoms with Crippen molar-refractivity contribution in [3.63, 3.8) is 0 Å². The molecule has 0 unspecified atom stereocenters. The normalized spacial score (nSPS) is 15.1. The fraction of sp³-hybridized carbons (Fsp3) is 0.429. The van der Waals surface area contributed by atoms with Crippen molar-refractivity contribution in [2.24, 2.45) is 0 Å². The molecule has 0 aromatic heterocycles. The predicted octanol–water partition coefficient (Wildman–Crippen LogP) is 1.36. The van der Waals surface area contributed by atoms with E-state index in [2.05, 4.69) is 5.32 Å². The minimum Gasteiger partial charge on any atom is -0.376 e. The Morgan fingerprint density at radius 2 is 2.05 bits per heavy atom. The van der Waals surface area contributed by atoms with Crippen molar-refractivity contribution < 1.29 is 9.59 Å². The number of anilines is 1. The highest BCUT2D eigenvalue weighted by Gasteiger charge is 2.19. The average Bonchev–Trinajstić information content (AvgIpc) is 2.48. The largest absolute Gasteiger partial charge is 0.376 e. The molecule has 0 bridgehead atoms. The van der Waals surface area contributed by atoms with Gasteiger partial charge in [0.2, 0.25) is 12.3 Å². The Morgan fingerprint density at radius 3 is 2.70 bits per heavy atom. The highest BCUT2D eigenvalue weighted by Crippen LogP contribution is 2.19. The number of halogens is 1. The Bertz CT molecular complexity index is 499. The highest BCUT2D eigenvalue weighted by atomic mass is 35.5. The van der Waals surface area contributed by atoms with Gasteiger partial charge < -0.3 is 15.1 Å². The van der Waals surface area contributed by atoms with Gasteiger partial charge in [-0.2, -0.15) is 0 Å². The van der Waals surface area contributed by atoms with Crippen LogP contribution in [0.15, 0.2) is 18.2 Å². The van der Waals surface area contributed by atoms with Crippen molar-refractivity contribution in [1.82, 2.24) is 9.80 Å². The minimum atomic E-state index is 0.0370. The molecule has 5 nitrogen and oxygen atoms in total. The number of carbonyl (C=O) groups excluding carboxylic acids is 2. The van der Waals surface area contributed by atoms with E-state index >= 15 is 0 Å². The third-order valence-corrected chi connectivity index (χ3v) is 3.68. The third-order valence-electron chi connectivity index (χ3n) is 3.45. The van der Waals surface area contributed by atoms with Crippen LogP contribution in [0.5, 0.6) is 0 Å². The summed E-state index contributed by atoms with van der Waals surface area (Å²) >= 11 is 5.94. The second-order valence-corrected chi connectivity index (χ2v) is 5.27. The van der Waals surface area contributed by atoms with Gasteiger partial charge in [0.25, 0.3) is 0 Å². The van der Waals surface area contributed by atoms with Gasteiger partial charge in [-0.05, 0) is 24.6 Å². The summed E-state index contributed by atoms with van der Waals surface area (Å²) in [6, 6.07) is 5.55. The number of rotatable bonds is 4. The Morgan fingerprint density at radius 1 is 1.35 bits per heavy atom. The summed E-state index contributed by atoms with van der Waals surface area (Å²) in [6.07, 6.45) is 0.829. The monoisotopic (exact) mass is 295 g/mol. The zero-order chi connectivity index (χ0) is 14.5. The molecule has 0 aliphatic carbocycles. The molecule has 0 saturated carbocycles. The molecule has 0 atom stereocenters. The van der Waals surface area contributed by atoms with E-state index in [4.69, 9.17) is 11.6 Å². The van der Waals surface area contributed by atoms with Crippen molar-refractivity contribution in [3.8, 4) is 0 Å². The molecule has 2 rings (SSSR count). The molecule has 1 fully saturated rings. The summed E-state index contributed by atoms with van der Waals surface area (Å²) in [5, 5.41) is 3.76. The van der Waals surface area contributed by atoms with Crippen LogP contribution < -0.4 is 5.32 Å². The number of benzene rings is 1. The quantitative estimate of drug-likeness (QED) is 0.854. The molecule has 1 aromatic rings. The van der Waals surface area contributed by atoms with Gasteiger partial charge in [0, 0.05) is 36.9 Å². The van der Waals surface area contributed by atoms with Crippen LogP contribution in [0.3, 0.4) is 0 Å². The molecule has 1 saturated heterocycles. The molecular formula is C14H18ClN3O2. The number of piperazine rings is 1. The maximum absolute atomic E-state index is 12.1. The summed E-state index contributed by atoms with van der Waals surface area (Å²) in [5.74, 6) is 0.0370. The van der Waals surface area contributed by atoms with E-state index < -0.39 is 0 Å². The molecular weight excluding hydrogens is 278 g/mol. The molecule has 6 heteroatoms. The van der Waals surface area contributed by atoms with E-state index in [-0.39, 0.29) is 12.5 Å². The smallest absolute Gasteiger partial charge is 0.241 e. The first kappa shape index (κ1) is 14.7.